The van der Waals surface area contributed by atoms with E-state index in [2.05, 4.69) is 21.0 Å². The van der Waals surface area contributed by atoms with Gasteiger partial charge in [0.1, 0.15) is 0 Å². The number of hydrogen-bond donors (Lipinski definition) is 1. The fraction of sp³-hybridized carbons (Fsp3) is 0.231. The number of Topliss-reactive ketones (excluding diaryl/α,β-unsaturated/α-hetero) is 1. The van der Waals surface area contributed by atoms with Gasteiger partial charge in [0.05, 0.1) is 6.20 Å². The second kappa shape index (κ2) is 5.35. The van der Waals surface area contributed by atoms with Crippen molar-refractivity contribution in [3.05, 3.63) is 46.2 Å². The minimum atomic E-state index is 0.00986. The van der Waals surface area contributed by atoms with Gasteiger partial charge in [-0.25, -0.2) is 0 Å². The van der Waals surface area contributed by atoms with E-state index in [0.29, 0.717) is 17.7 Å². The number of nitrogen functional groups attached to an aromatic ring is 1. The van der Waals surface area contributed by atoms with Crippen LogP contribution in [-0.2, 0) is 13.0 Å². The summed E-state index contributed by atoms with van der Waals surface area (Å²) in [5.41, 5.74) is 7.80. The summed E-state index contributed by atoms with van der Waals surface area (Å²) in [6.45, 7) is 2.81. The van der Waals surface area contributed by atoms with Gasteiger partial charge in [0.2, 0.25) is 0 Å². The number of anilines is 1. The van der Waals surface area contributed by atoms with Crippen LogP contribution in [0.2, 0.25) is 0 Å². The molecule has 18 heavy (non-hydrogen) atoms. The molecule has 1 aromatic carbocycles. The Morgan fingerprint density at radius 1 is 1.50 bits per heavy atom. The normalized spacial score (nSPS) is 10.6. The van der Waals surface area contributed by atoms with Crippen molar-refractivity contribution in [3.63, 3.8) is 0 Å². The van der Waals surface area contributed by atoms with E-state index < -0.39 is 0 Å². The average Bonchev–Trinajstić information content (AvgIpc) is 2.76. The van der Waals surface area contributed by atoms with Crippen molar-refractivity contribution < 1.29 is 4.79 Å². The highest BCUT2D eigenvalue weighted by Crippen LogP contribution is 2.20. The fourth-order valence-corrected chi connectivity index (χ4v) is 2.12. The molecular weight excluding hydrogens is 294 g/mol. The van der Waals surface area contributed by atoms with Gasteiger partial charge in [-0.1, -0.05) is 15.9 Å². The van der Waals surface area contributed by atoms with Crippen LogP contribution in [-0.4, -0.2) is 15.6 Å². The van der Waals surface area contributed by atoms with Crippen LogP contribution >= 0.6 is 15.9 Å². The molecule has 2 N–H and O–H groups in total. The molecule has 0 atom stereocenters. The minimum absolute atomic E-state index is 0.00986. The zero-order valence-corrected chi connectivity index (χ0v) is 11.6. The molecule has 0 aliphatic rings. The van der Waals surface area contributed by atoms with Crippen molar-refractivity contribution in [3.8, 4) is 0 Å². The Kier molecular flexibility index (Phi) is 3.81. The van der Waals surface area contributed by atoms with Crippen LogP contribution in [0.25, 0.3) is 0 Å². The minimum Gasteiger partial charge on any atom is -0.398 e. The van der Waals surface area contributed by atoms with Gasteiger partial charge in [0.15, 0.2) is 5.78 Å². The number of nitrogens with zero attached hydrogens (tertiary/aromatic N) is 2. The molecule has 0 unspecified atom stereocenters. The number of ketones is 1. The molecule has 2 aromatic rings. The Labute approximate surface area is 114 Å². The van der Waals surface area contributed by atoms with Gasteiger partial charge in [0.25, 0.3) is 0 Å². The Balaban J connectivity index is 2.16. The number of rotatable bonds is 4. The van der Waals surface area contributed by atoms with E-state index in [1.54, 1.807) is 23.0 Å². The predicted octanol–water partition coefficient (Wildman–Crippen LogP) is 2.67. The number of hydrogen-bond acceptors (Lipinski definition) is 3. The van der Waals surface area contributed by atoms with E-state index in [1.807, 2.05) is 19.2 Å². The molecule has 0 saturated heterocycles. The van der Waals surface area contributed by atoms with E-state index >= 15 is 0 Å². The summed E-state index contributed by atoms with van der Waals surface area (Å²) < 4.78 is 2.67. The topological polar surface area (TPSA) is 60.9 Å². The number of aromatic nitrogens is 2. The maximum Gasteiger partial charge on any atom is 0.169 e. The molecule has 0 saturated carbocycles. The van der Waals surface area contributed by atoms with Crippen LogP contribution in [0, 0.1) is 0 Å². The number of nitrogens with two attached hydrogens (primary N) is 1. The fourth-order valence-electron chi connectivity index (χ4n) is 1.74. The van der Waals surface area contributed by atoms with Gasteiger partial charge in [-0.2, -0.15) is 5.10 Å². The Hall–Kier alpha value is -1.62. The van der Waals surface area contributed by atoms with Crippen molar-refractivity contribution in [2.45, 2.75) is 19.9 Å². The van der Waals surface area contributed by atoms with E-state index in [1.165, 1.54) is 0 Å². The number of benzene rings is 1. The van der Waals surface area contributed by atoms with Gasteiger partial charge >= 0.3 is 0 Å². The first-order valence-corrected chi connectivity index (χ1v) is 6.49. The summed E-state index contributed by atoms with van der Waals surface area (Å²) in [7, 11) is 0. The second-order valence-corrected chi connectivity index (χ2v) is 4.95. The molecule has 0 bridgehead atoms. The number of aryl methyl sites for hydroxylation is 1. The average molecular weight is 308 g/mol. The van der Waals surface area contributed by atoms with Crippen molar-refractivity contribution in [2.75, 3.05) is 5.73 Å². The molecule has 4 nitrogen and oxygen atoms in total. The van der Waals surface area contributed by atoms with Crippen molar-refractivity contribution >= 4 is 27.4 Å². The van der Waals surface area contributed by atoms with Gasteiger partial charge in [-0.15, -0.1) is 0 Å². The third kappa shape index (κ3) is 2.79. The third-order valence-corrected chi connectivity index (χ3v) is 3.18. The summed E-state index contributed by atoms with van der Waals surface area (Å²) in [5.74, 6) is 0.00986. The largest absolute Gasteiger partial charge is 0.398 e. The number of carbonyl (C=O) groups is 1. The van der Waals surface area contributed by atoms with Crippen LogP contribution in [0.5, 0.6) is 0 Å². The van der Waals surface area contributed by atoms with Crippen LogP contribution in [0.4, 0.5) is 5.69 Å². The van der Waals surface area contributed by atoms with E-state index in [0.717, 1.165) is 16.6 Å². The van der Waals surface area contributed by atoms with Crippen LogP contribution in [0.1, 0.15) is 22.8 Å². The monoisotopic (exact) mass is 307 g/mol. The standard InChI is InChI=1S/C13H14BrN3O/c1-2-17-8-9(7-16-17)5-13(18)11-4-3-10(14)6-12(11)15/h3-4,6-8H,2,5,15H2,1H3. The Bertz CT molecular complexity index is 577. The lowest BCUT2D eigenvalue weighted by Crippen LogP contribution is -2.06. The highest BCUT2D eigenvalue weighted by Gasteiger charge is 2.11. The molecule has 2 rings (SSSR count). The van der Waals surface area contributed by atoms with Gasteiger partial charge in [-0.3, -0.25) is 9.48 Å². The molecule has 1 aromatic heterocycles. The third-order valence-electron chi connectivity index (χ3n) is 2.69. The molecule has 0 fully saturated rings. The van der Waals surface area contributed by atoms with E-state index in [9.17, 15) is 4.79 Å². The quantitative estimate of drug-likeness (QED) is 0.698. The first-order chi connectivity index (χ1) is 8.60. The molecule has 0 aliphatic carbocycles. The number of halogens is 1. The second-order valence-electron chi connectivity index (χ2n) is 4.04. The SMILES string of the molecule is CCn1cc(CC(=O)c2ccc(Br)cc2N)cn1. The number of carbonyl (C=O) groups excluding carboxylic acids is 1. The van der Waals surface area contributed by atoms with Crippen LogP contribution in [0.3, 0.4) is 0 Å². The van der Waals surface area contributed by atoms with Gasteiger partial charge in [-0.05, 0) is 30.7 Å². The van der Waals surface area contributed by atoms with Crippen molar-refractivity contribution in [1.82, 2.24) is 9.78 Å². The van der Waals surface area contributed by atoms with Gasteiger partial charge < -0.3 is 5.73 Å². The maximum absolute atomic E-state index is 12.1. The zero-order valence-electron chi connectivity index (χ0n) is 10.1. The lowest BCUT2D eigenvalue weighted by atomic mass is 10.0. The lowest BCUT2D eigenvalue weighted by Gasteiger charge is -2.04. The zero-order chi connectivity index (χ0) is 13.1. The molecule has 0 spiro atoms. The molecule has 5 heteroatoms. The molecule has 94 valence electrons. The highest BCUT2D eigenvalue weighted by atomic mass is 79.9. The van der Waals surface area contributed by atoms with Crippen LogP contribution in [0.15, 0.2) is 35.1 Å². The molecule has 1 heterocycles. The predicted molar refractivity (Wildman–Crippen MR) is 74.5 cm³/mol. The van der Waals surface area contributed by atoms with Crippen LogP contribution < -0.4 is 5.73 Å². The highest BCUT2D eigenvalue weighted by molar-refractivity contribution is 9.10. The molecule has 0 aliphatic heterocycles. The molecule has 0 radical (unpaired) electrons. The molecular formula is C13H14BrN3O. The summed E-state index contributed by atoms with van der Waals surface area (Å²) in [5, 5.41) is 4.14. The summed E-state index contributed by atoms with van der Waals surface area (Å²) in [6, 6.07) is 5.30. The summed E-state index contributed by atoms with van der Waals surface area (Å²) in [6.07, 6.45) is 3.93. The maximum atomic E-state index is 12.1. The lowest BCUT2D eigenvalue weighted by molar-refractivity contribution is 0.0994. The smallest absolute Gasteiger partial charge is 0.169 e. The van der Waals surface area contributed by atoms with E-state index in [4.69, 9.17) is 5.73 Å². The summed E-state index contributed by atoms with van der Waals surface area (Å²) in [4.78, 5) is 12.1. The Morgan fingerprint density at radius 2 is 2.28 bits per heavy atom. The van der Waals surface area contributed by atoms with Gasteiger partial charge in [0, 0.05) is 34.9 Å². The Morgan fingerprint density at radius 3 is 2.89 bits per heavy atom. The first-order valence-electron chi connectivity index (χ1n) is 5.69. The van der Waals surface area contributed by atoms with Crippen molar-refractivity contribution in [2.24, 2.45) is 0 Å². The first kappa shape index (κ1) is 12.8. The van der Waals surface area contributed by atoms with E-state index in [-0.39, 0.29) is 5.78 Å². The summed E-state index contributed by atoms with van der Waals surface area (Å²) >= 11 is 3.32. The van der Waals surface area contributed by atoms with Crippen molar-refractivity contribution in [1.29, 1.82) is 0 Å². The molecule has 0 amide bonds.